The van der Waals surface area contributed by atoms with Crippen LogP contribution in [0, 0.1) is 17.6 Å². The number of piperidine rings is 1. The topological polar surface area (TPSA) is 53.9 Å². The highest BCUT2D eigenvalue weighted by Gasteiger charge is 2.26. The molecule has 1 heterocycles. The van der Waals surface area contributed by atoms with Crippen LogP contribution in [-0.4, -0.2) is 50.6 Å². The van der Waals surface area contributed by atoms with Gasteiger partial charge in [-0.3, -0.25) is 9.79 Å². The molecule has 0 aromatic heterocycles. The van der Waals surface area contributed by atoms with Crippen LogP contribution in [0.2, 0.25) is 0 Å². The summed E-state index contributed by atoms with van der Waals surface area (Å²) in [5, 5.41) is 3.13. The summed E-state index contributed by atoms with van der Waals surface area (Å²) in [7, 11) is 3.06. The second kappa shape index (κ2) is 10.5. The maximum Gasteiger partial charge on any atom is 0.308 e. The van der Waals surface area contributed by atoms with Crippen LogP contribution in [0.4, 0.5) is 8.78 Å². The van der Waals surface area contributed by atoms with Gasteiger partial charge in [-0.1, -0.05) is 6.07 Å². The van der Waals surface area contributed by atoms with E-state index in [1.807, 2.05) is 4.90 Å². The minimum Gasteiger partial charge on any atom is -0.469 e. The molecule has 1 saturated heterocycles. The number of rotatable bonds is 4. The Hall–Kier alpha value is -1.45. The first-order valence-corrected chi connectivity index (χ1v) is 8.03. The number of esters is 1. The number of hydrogen-bond acceptors (Lipinski definition) is 3. The molecule has 0 saturated carbocycles. The molecule has 0 atom stereocenters. The molecule has 0 spiro atoms. The Bertz CT molecular complexity index is 585. The van der Waals surface area contributed by atoms with Crippen LogP contribution >= 0.6 is 24.0 Å². The van der Waals surface area contributed by atoms with Crippen molar-refractivity contribution >= 4 is 35.9 Å². The first-order valence-electron chi connectivity index (χ1n) is 8.03. The van der Waals surface area contributed by atoms with Crippen LogP contribution in [-0.2, 0) is 16.0 Å². The lowest BCUT2D eigenvalue weighted by atomic mass is 9.97. The van der Waals surface area contributed by atoms with Gasteiger partial charge in [-0.15, -0.1) is 24.0 Å². The highest BCUT2D eigenvalue weighted by molar-refractivity contribution is 14.0. The highest BCUT2D eigenvalue weighted by atomic mass is 127. The van der Waals surface area contributed by atoms with E-state index in [4.69, 9.17) is 4.74 Å². The Labute approximate surface area is 163 Å². The van der Waals surface area contributed by atoms with Gasteiger partial charge in [-0.2, -0.15) is 0 Å². The largest absolute Gasteiger partial charge is 0.469 e. The van der Waals surface area contributed by atoms with E-state index in [0.717, 1.165) is 0 Å². The molecule has 0 amide bonds. The van der Waals surface area contributed by atoms with E-state index in [1.54, 1.807) is 7.05 Å². The zero-order chi connectivity index (χ0) is 17.5. The van der Waals surface area contributed by atoms with E-state index in [2.05, 4.69) is 10.3 Å². The maximum absolute atomic E-state index is 13.6. The van der Waals surface area contributed by atoms with Crippen LogP contribution < -0.4 is 5.32 Å². The second-order valence-corrected chi connectivity index (χ2v) is 5.71. The molecule has 1 N–H and O–H groups in total. The summed E-state index contributed by atoms with van der Waals surface area (Å²) in [5.41, 5.74) is 0.0739. The average molecular weight is 467 g/mol. The summed E-state index contributed by atoms with van der Waals surface area (Å²) in [4.78, 5) is 17.8. The minimum atomic E-state index is -0.536. The van der Waals surface area contributed by atoms with Crippen molar-refractivity contribution in [3.63, 3.8) is 0 Å². The van der Waals surface area contributed by atoms with Gasteiger partial charge in [-0.05, 0) is 31.4 Å². The van der Waals surface area contributed by atoms with E-state index < -0.39 is 11.6 Å². The number of guanidine groups is 1. The van der Waals surface area contributed by atoms with Gasteiger partial charge in [0.15, 0.2) is 5.96 Å². The maximum atomic E-state index is 13.6. The van der Waals surface area contributed by atoms with Crippen molar-refractivity contribution in [2.75, 3.05) is 33.8 Å². The Kier molecular flexibility index (Phi) is 9.09. The molecule has 5 nitrogen and oxygen atoms in total. The summed E-state index contributed by atoms with van der Waals surface area (Å²) < 4.78 is 32.0. The van der Waals surface area contributed by atoms with Crippen LogP contribution in [0.25, 0.3) is 0 Å². The number of nitrogens with zero attached hydrogens (tertiary/aromatic N) is 2. The third kappa shape index (κ3) is 5.79. The lowest BCUT2D eigenvalue weighted by molar-refractivity contribution is -0.146. The van der Waals surface area contributed by atoms with E-state index in [-0.39, 0.29) is 47.8 Å². The summed E-state index contributed by atoms with van der Waals surface area (Å²) in [6, 6.07) is 3.86. The molecule has 1 aromatic carbocycles. The van der Waals surface area contributed by atoms with E-state index >= 15 is 0 Å². The van der Waals surface area contributed by atoms with Crippen LogP contribution in [0.3, 0.4) is 0 Å². The quantitative estimate of drug-likeness (QED) is 0.320. The zero-order valence-electron chi connectivity index (χ0n) is 14.4. The van der Waals surface area contributed by atoms with Crippen molar-refractivity contribution < 1.29 is 18.3 Å². The molecule has 0 bridgehead atoms. The Morgan fingerprint density at radius 3 is 2.44 bits per heavy atom. The van der Waals surface area contributed by atoms with Gasteiger partial charge in [-0.25, -0.2) is 8.78 Å². The van der Waals surface area contributed by atoms with Gasteiger partial charge >= 0.3 is 5.97 Å². The van der Waals surface area contributed by atoms with Crippen molar-refractivity contribution in [2.45, 2.75) is 19.3 Å². The van der Waals surface area contributed by atoms with Crippen LogP contribution in [0.15, 0.2) is 23.2 Å². The number of aliphatic imine (C=N–C) groups is 1. The summed E-state index contributed by atoms with van der Waals surface area (Å²) in [5.74, 6) is -0.643. The second-order valence-electron chi connectivity index (χ2n) is 5.71. The van der Waals surface area contributed by atoms with Gasteiger partial charge in [0.05, 0.1) is 13.0 Å². The Morgan fingerprint density at radius 2 is 1.92 bits per heavy atom. The predicted octanol–water partition coefficient (Wildman–Crippen LogP) is 2.59. The molecule has 8 heteroatoms. The van der Waals surface area contributed by atoms with Crippen molar-refractivity contribution in [3.8, 4) is 0 Å². The van der Waals surface area contributed by atoms with Gasteiger partial charge in [0, 0.05) is 32.2 Å². The van der Waals surface area contributed by atoms with E-state index in [1.165, 1.54) is 25.3 Å². The SMILES string of the molecule is CN=C(NCCc1c(F)cccc1F)N1CCC(C(=O)OC)CC1.I. The highest BCUT2D eigenvalue weighted by Crippen LogP contribution is 2.18. The van der Waals surface area contributed by atoms with Crippen LogP contribution in [0.1, 0.15) is 18.4 Å². The number of methoxy groups -OCH3 is 1. The molecule has 2 rings (SSSR count). The summed E-state index contributed by atoms with van der Waals surface area (Å²) >= 11 is 0. The first-order chi connectivity index (χ1) is 11.6. The number of halogens is 3. The standard InChI is InChI=1S/C17H23F2N3O2.HI/c1-20-17(22-10-7-12(8-11-22)16(23)24-2)21-9-6-13-14(18)4-3-5-15(13)19;/h3-5,12H,6-11H2,1-2H3,(H,20,21);1H. The Balaban J connectivity index is 0.00000312. The van der Waals surface area contributed by atoms with E-state index in [9.17, 15) is 13.6 Å². The predicted molar refractivity (Wildman–Crippen MR) is 103 cm³/mol. The number of hydrogen-bond donors (Lipinski definition) is 1. The normalized spacial score (nSPS) is 15.5. The van der Waals surface area contributed by atoms with Gasteiger partial charge in [0.25, 0.3) is 0 Å². The first kappa shape index (κ1) is 21.6. The van der Waals surface area contributed by atoms with Crippen molar-refractivity contribution in [1.29, 1.82) is 0 Å². The monoisotopic (exact) mass is 467 g/mol. The van der Waals surface area contributed by atoms with Gasteiger partial charge < -0.3 is 15.0 Å². The zero-order valence-corrected chi connectivity index (χ0v) is 16.8. The molecule has 1 aliphatic rings. The molecular weight excluding hydrogens is 443 g/mol. The number of likely N-dealkylation sites (tertiary alicyclic amines) is 1. The molecule has 0 aliphatic carbocycles. The van der Waals surface area contributed by atoms with Gasteiger partial charge in [0.2, 0.25) is 0 Å². The van der Waals surface area contributed by atoms with Crippen molar-refractivity contribution in [1.82, 2.24) is 10.2 Å². The fourth-order valence-corrected chi connectivity index (χ4v) is 2.90. The van der Waals surface area contributed by atoms with Gasteiger partial charge in [0.1, 0.15) is 11.6 Å². The number of nitrogens with one attached hydrogen (secondary N) is 1. The molecule has 1 aromatic rings. The van der Waals surface area contributed by atoms with Crippen LogP contribution in [0.5, 0.6) is 0 Å². The third-order valence-corrected chi connectivity index (χ3v) is 4.26. The molecule has 1 fully saturated rings. The lowest BCUT2D eigenvalue weighted by Crippen LogP contribution is -2.47. The molecule has 140 valence electrons. The molecule has 0 radical (unpaired) electrons. The molecule has 0 unspecified atom stereocenters. The number of benzene rings is 1. The number of carbonyl (C=O) groups excluding carboxylic acids is 1. The fraction of sp³-hybridized carbons (Fsp3) is 0.529. The fourth-order valence-electron chi connectivity index (χ4n) is 2.90. The Morgan fingerprint density at radius 1 is 1.32 bits per heavy atom. The molecule has 25 heavy (non-hydrogen) atoms. The summed E-state index contributed by atoms with van der Waals surface area (Å²) in [6.45, 7) is 1.75. The lowest BCUT2D eigenvalue weighted by Gasteiger charge is -2.33. The third-order valence-electron chi connectivity index (χ3n) is 4.26. The number of carbonyl (C=O) groups is 1. The molecule has 1 aliphatic heterocycles. The van der Waals surface area contributed by atoms with E-state index in [0.29, 0.717) is 38.4 Å². The smallest absolute Gasteiger partial charge is 0.308 e. The van der Waals surface area contributed by atoms with Crippen molar-refractivity contribution in [2.24, 2.45) is 10.9 Å². The summed E-state index contributed by atoms with van der Waals surface area (Å²) in [6.07, 6.45) is 1.64. The number of ether oxygens (including phenoxy) is 1. The minimum absolute atomic E-state index is 0. The average Bonchev–Trinajstić information content (AvgIpc) is 2.60. The van der Waals surface area contributed by atoms with Crippen molar-refractivity contribution in [3.05, 3.63) is 35.4 Å². The molecular formula is C17H24F2IN3O2.